The highest BCUT2D eigenvalue weighted by molar-refractivity contribution is 5.27. The monoisotopic (exact) mass is 416 g/mol. The SMILES string of the molecule is C[C@@H](COc1ccc(CN2C[C@H](Oc3cccc(F)c3)[C@@H](O)C2)cc1)NC1COC1. The molecule has 0 radical (unpaired) electrons. The molecule has 0 unspecified atom stereocenters. The van der Waals surface area contributed by atoms with Gasteiger partial charge in [0.25, 0.3) is 0 Å². The lowest BCUT2D eigenvalue weighted by Crippen LogP contribution is -2.51. The first-order valence-electron chi connectivity index (χ1n) is 10.4. The van der Waals surface area contributed by atoms with E-state index in [-0.39, 0.29) is 18.0 Å². The predicted molar refractivity (Wildman–Crippen MR) is 111 cm³/mol. The summed E-state index contributed by atoms with van der Waals surface area (Å²) in [5.74, 6) is 0.934. The van der Waals surface area contributed by atoms with Crippen molar-refractivity contribution in [1.82, 2.24) is 10.2 Å². The zero-order chi connectivity index (χ0) is 20.9. The zero-order valence-electron chi connectivity index (χ0n) is 17.2. The normalized spacial score (nSPS) is 23.2. The second-order valence-electron chi connectivity index (χ2n) is 8.13. The van der Waals surface area contributed by atoms with Gasteiger partial charge in [0.2, 0.25) is 0 Å². The van der Waals surface area contributed by atoms with Gasteiger partial charge in [-0.3, -0.25) is 4.90 Å². The van der Waals surface area contributed by atoms with Gasteiger partial charge in [0.15, 0.2) is 0 Å². The van der Waals surface area contributed by atoms with E-state index in [0.29, 0.717) is 38.0 Å². The van der Waals surface area contributed by atoms with E-state index in [1.807, 2.05) is 24.3 Å². The summed E-state index contributed by atoms with van der Waals surface area (Å²) < 4.78 is 30.2. The van der Waals surface area contributed by atoms with Crippen LogP contribution in [0.15, 0.2) is 48.5 Å². The average Bonchev–Trinajstić information content (AvgIpc) is 3.03. The molecule has 2 aliphatic rings. The quantitative estimate of drug-likeness (QED) is 0.654. The molecule has 2 aromatic rings. The first-order valence-corrected chi connectivity index (χ1v) is 10.4. The van der Waals surface area contributed by atoms with Crippen LogP contribution < -0.4 is 14.8 Å². The van der Waals surface area contributed by atoms with E-state index in [1.165, 1.54) is 12.1 Å². The molecule has 2 saturated heterocycles. The van der Waals surface area contributed by atoms with Crippen molar-refractivity contribution in [1.29, 1.82) is 0 Å². The number of likely N-dealkylation sites (tertiary alicyclic amines) is 1. The third-order valence-electron chi connectivity index (χ3n) is 5.38. The summed E-state index contributed by atoms with van der Waals surface area (Å²) in [6, 6.07) is 14.8. The van der Waals surface area contributed by atoms with Gasteiger partial charge in [0, 0.05) is 31.7 Å². The van der Waals surface area contributed by atoms with Gasteiger partial charge in [-0.2, -0.15) is 0 Å². The molecule has 6 nitrogen and oxygen atoms in total. The maximum atomic E-state index is 13.3. The minimum atomic E-state index is -0.606. The van der Waals surface area contributed by atoms with Crippen LogP contribution in [0.4, 0.5) is 4.39 Å². The zero-order valence-corrected chi connectivity index (χ0v) is 17.2. The molecule has 3 atom stereocenters. The van der Waals surface area contributed by atoms with Crippen LogP contribution in [0, 0.1) is 5.82 Å². The van der Waals surface area contributed by atoms with Crippen molar-refractivity contribution in [2.45, 2.75) is 37.8 Å². The van der Waals surface area contributed by atoms with Gasteiger partial charge in [0.1, 0.15) is 36.1 Å². The lowest BCUT2D eigenvalue weighted by Gasteiger charge is -2.30. The van der Waals surface area contributed by atoms with Crippen molar-refractivity contribution in [2.75, 3.05) is 32.9 Å². The van der Waals surface area contributed by atoms with Gasteiger partial charge in [-0.15, -0.1) is 0 Å². The minimum Gasteiger partial charge on any atom is -0.492 e. The van der Waals surface area contributed by atoms with Gasteiger partial charge < -0.3 is 24.6 Å². The Hall–Kier alpha value is -2.19. The van der Waals surface area contributed by atoms with E-state index in [2.05, 4.69) is 17.1 Å². The fourth-order valence-electron chi connectivity index (χ4n) is 3.75. The highest BCUT2D eigenvalue weighted by atomic mass is 19.1. The van der Waals surface area contributed by atoms with Crippen LogP contribution in [0.1, 0.15) is 12.5 Å². The summed E-state index contributed by atoms with van der Waals surface area (Å²) in [5, 5.41) is 13.8. The van der Waals surface area contributed by atoms with Gasteiger partial charge in [-0.1, -0.05) is 18.2 Å². The van der Waals surface area contributed by atoms with E-state index in [9.17, 15) is 9.50 Å². The van der Waals surface area contributed by atoms with Gasteiger partial charge in [-0.25, -0.2) is 4.39 Å². The molecule has 0 aliphatic carbocycles. The largest absolute Gasteiger partial charge is 0.492 e. The molecular formula is C23H29FN2O4. The summed E-state index contributed by atoms with van der Waals surface area (Å²) in [5.41, 5.74) is 1.14. The molecule has 0 saturated carbocycles. The number of hydrogen-bond donors (Lipinski definition) is 2. The van der Waals surface area contributed by atoms with Gasteiger partial charge in [-0.05, 0) is 36.8 Å². The Morgan fingerprint density at radius 1 is 1.17 bits per heavy atom. The summed E-state index contributed by atoms with van der Waals surface area (Å²) >= 11 is 0. The van der Waals surface area contributed by atoms with Crippen molar-refractivity contribution in [2.24, 2.45) is 0 Å². The average molecular weight is 416 g/mol. The summed E-state index contributed by atoms with van der Waals surface area (Å²) in [4.78, 5) is 2.14. The van der Waals surface area contributed by atoms with E-state index in [4.69, 9.17) is 14.2 Å². The Bertz CT molecular complexity index is 815. The van der Waals surface area contributed by atoms with Crippen LogP contribution >= 0.6 is 0 Å². The number of aliphatic hydroxyl groups excluding tert-OH is 1. The number of rotatable bonds is 9. The Morgan fingerprint density at radius 2 is 1.97 bits per heavy atom. The fraction of sp³-hybridized carbons (Fsp3) is 0.478. The lowest BCUT2D eigenvalue weighted by atomic mass is 10.2. The van der Waals surface area contributed by atoms with Gasteiger partial charge >= 0.3 is 0 Å². The third kappa shape index (κ3) is 5.70. The molecule has 30 heavy (non-hydrogen) atoms. The Kier molecular flexibility index (Phi) is 6.84. The van der Waals surface area contributed by atoms with Crippen LogP contribution in [-0.2, 0) is 11.3 Å². The number of hydrogen-bond acceptors (Lipinski definition) is 6. The smallest absolute Gasteiger partial charge is 0.138 e. The molecule has 2 aliphatic heterocycles. The maximum Gasteiger partial charge on any atom is 0.138 e. The van der Waals surface area contributed by atoms with Crippen molar-refractivity contribution in [3.8, 4) is 11.5 Å². The van der Waals surface area contributed by atoms with Crippen LogP contribution in [0.2, 0.25) is 0 Å². The van der Waals surface area contributed by atoms with E-state index in [1.54, 1.807) is 12.1 Å². The van der Waals surface area contributed by atoms with E-state index in [0.717, 1.165) is 24.5 Å². The maximum absolute atomic E-state index is 13.3. The fourth-order valence-corrected chi connectivity index (χ4v) is 3.75. The molecule has 7 heteroatoms. The number of benzene rings is 2. The number of β-amino-alcohol motifs (C(OH)–C–C–N with tert-alkyl or cyclic N) is 1. The van der Waals surface area contributed by atoms with Crippen molar-refractivity contribution >= 4 is 0 Å². The Balaban J connectivity index is 1.23. The molecule has 4 rings (SSSR count). The lowest BCUT2D eigenvalue weighted by molar-refractivity contribution is -0.0112. The Labute approximate surface area is 176 Å². The molecule has 2 heterocycles. The Morgan fingerprint density at radius 3 is 2.67 bits per heavy atom. The number of aliphatic hydroxyl groups is 1. The molecule has 0 bridgehead atoms. The van der Waals surface area contributed by atoms with Gasteiger partial charge in [0.05, 0.1) is 19.3 Å². The standard InChI is InChI=1S/C23H29FN2O4/c1-16(25-19-14-28-15-19)13-29-20-7-5-17(6-8-20)10-26-11-22(27)23(12-26)30-21-4-2-3-18(24)9-21/h2-9,16,19,22-23,25,27H,10-15H2,1H3/t16-,22-,23-/m0/s1. The van der Waals surface area contributed by atoms with Crippen molar-refractivity contribution < 1.29 is 23.7 Å². The highest BCUT2D eigenvalue weighted by Crippen LogP contribution is 2.22. The molecular weight excluding hydrogens is 387 g/mol. The van der Waals surface area contributed by atoms with Crippen LogP contribution in [-0.4, -0.2) is 67.2 Å². The first-order chi connectivity index (χ1) is 14.5. The molecule has 0 spiro atoms. The minimum absolute atomic E-state index is 0.264. The topological polar surface area (TPSA) is 63.2 Å². The summed E-state index contributed by atoms with van der Waals surface area (Å²) in [6.07, 6.45) is -0.976. The predicted octanol–water partition coefficient (Wildman–Crippen LogP) is 2.21. The van der Waals surface area contributed by atoms with Crippen LogP contribution in [0.5, 0.6) is 11.5 Å². The number of halogens is 1. The summed E-state index contributed by atoms with van der Waals surface area (Å²) in [6.45, 7) is 6.08. The second kappa shape index (κ2) is 9.75. The molecule has 0 amide bonds. The molecule has 2 aromatic carbocycles. The molecule has 2 N–H and O–H groups in total. The van der Waals surface area contributed by atoms with Crippen LogP contribution in [0.25, 0.3) is 0 Å². The number of nitrogens with zero attached hydrogens (tertiary/aromatic N) is 1. The second-order valence-corrected chi connectivity index (χ2v) is 8.13. The molecule has 2 fully saturated rings. The number of nitrogens with one attached hydrogen (secondary N) is 1. The van der Waals surface area contributed by atoms with Crippen molar-refractivity contribution in [3.63, 3.8) is 0 Å². The van der Waals surface area contributed by atoms with Crippen molar-refractivity contribution in [3.05, 3.63) is 59.9 Å². The highest BCUT2D eigenvalue weighted by Gasteiger charge is 2.33. The third-order valence-corrected chi connectivity index (χ3v) is 5.38. The molecule has 0 aromatic heterocycles. The number of ether oxygens (including phenoxy) is 3. The van der Waals surface area contributed by atoms with E-state index < -0.39 is 6.10 Å². The van der Waals surface area contributed by atoms with Crippen LogP contribution in [0.3, 0.4) is 0 Å². The van der Waals surface area contributed by atoms with E-state index >= 15 is 0 Å². The summed E-state index contributed by atoms with van der Waals surface area (Å²) in [7, 11) is 0. The first kappa shape index (κ1) is 21.1. The molecule has 162 valence electrons.